The molecule has 1 atom stereocenters. The van der Waals surface area contributed by atoms with Crippen LogP contribution in [0, 0.1) is 0 Å². The third kappa shape index (κ3) is 3.62. The van der Waals surface area contributed by atoms with Gasteiger partial charge in [0, 0.05) is 18.2 Å². The van der Waals surface area contributed by atoms with Crippen LogP contribution in [0.4, 0.5) is 5.69 Å². The first-order valence-electron chi connectivity index (χ1n) is 6.33. The van der Waals surface area contributed by atoms with E-state index >= 15 is 0 Å². The van der Waals surface area contributed by atoms with E-state index in [1.165, 1.54) is 18.1 Å². The molecule has 0 aromatic heterocycles. The van der Waals surface area contributed by atoms with E-state index in [1.54, 1.807) is 31.4 Å². The maximum absolute atomic E-state index is 12.2. The van der Waals surface area contributed by atoms with Crippen molar-refractivity contribution < 1.29 is 22.7 Å². The van der Waals surface area contributed by atoms with E-state index < -0.39 is 15.9 Å². The Labute approximate surface area is 123 Å². The van der Waals surface area contributed by atoms with Crippen LogP contribution in [-0.4, -0.2) is 46.9 Å². The monoisotopic (exact) mass is 311 g/mol. The van der Waals surface area contributed by atoms with Crippen LogP contribution in [0.3, 0.4) is 0 Å². The molecule has 6 nitrogen and oxygen atoms in total. The van der Waals surface area contributed by atoms with Crippen LogP contribution >= 0.6 is 0 Å². The zero-order valence-corrected chi connectivity index (χ0v) is 12.7. The van der Waals surface area contributed by atoms with E-state index in [0.717, 1.165) is 5.41 Å². The fraction of sp³-hybridized carbons (Fsp3) is 0.357. The molecule has 0 unspecified atom stereocenters. The van der Waals surface area contributed by atoms with Crippen LogP contribution in [0.2, 0.25) is 0 Å². The van der Waals surface area contributed by atoms with Crippen molar-refractivity contribution in [1.29, 1.82) is 0 Å². The molecule has 0 saturated heterocycles. The normalized spacial score (nSPS) is 19.4. The van der Waals surface area contributed by atoms with Crippen molar-refractivity contribution in [3.63, 3.8) is 0 Å². The number of benzene rings is 1. The smallest absolute Gasteiger partial charge is 0.253 e. The zero-order valence-electron chi connectivity index (χ0n) is 11.9. The highest BCUT2D eigenvalue weighted by molar-refractivity contribution is 7.94. The second-order valence-corrected chi connectivity index (χ2v) is 6.55. The highest BCUT2D eigenvalue weighted by Crippen LogP contribution is 2.25. The zero-order chi connectivity index (χ0) is 15.5. The van der Waals surface area contributed by atoms with Crippen molar-refractivity contribution in [3.8, 4) is 5.75 Å². The maximum Gasteiger partial charge on any atom is 0.253 e. The topological polar surface area (TPSA) is 72.9 Å². The molecule has 114 valence electrons. The number of anilines is 1. The Morgan fingerprint density at radius 2 is 1.95 bits per heavy atom. The highest BCUT2D eigenvalue weighted by Gasteiger charge is 2.31. The maximum atomic E-state index is 12.2. The van der Waals surface area contributed by atoms with E-state index in [2.05, 4.69) is 0 Å². The van der Waals surface area contributed by atoms with E-state index in [9.17, 15) is 13.2 Å². The lowest BCUT2D eigenvalue weighted by atomic mass is 10.2. The second-order valence-electron chi connectivity index (χ2n) is 4.62. The van der Waals surface area contributed by atoms with E-state index in [-0.39, 0.29) is 18.3 Å². The van der Waals surface area contributed by atoms with E-state index in [4.69, 9.17) is 9.47 Å². The van der Waals surface area contributed by atoms with Gasteiger partial charge in [-0.25, -0.2) is 8.42 Å². The Morgan fingerprint density at radius 3 is 2.43 bits per heavy atom. The number of methoxy groups -OCH3 is 2. The molecule has 0 N–H and O–H groups in total. The van der Waals surface area contributed by atoms with Crippen LogP contribution in [0.25, 0.3) is 0 Å². The molecule has 0 spiro atoms. The Balaban J connectivity index is 2.32. The molecule has 7 heteroatoms. The van der Waals surface area contributed by atoms with Crippen molar-refractivity contribution in [2.75, 3.05) is 31.5 Å². The minimum absolute atomic E-state index is 0.115. The Bertz CT molecular complexity index is 636. The van der Waals surface area contributed by atoms with Gasteiger partial charge in [-0.2, -0.15) is 0 Å². The quantitative estimate of drug-likeness (QED) is 0.810. The van der Waals surface area contributed by atoms with E-state index in [0.29, 0.717) is 11.4 Å². The van der Waals surface area contributed by atoms with Crippen LogP contribution in [0.5, 0.6) is 5.75 Å². The van der Waals surface area contributed by atoms with Gasteiger partial charge >= 0.3 is 0 Å². The fourth-order valence-corrected chi connectivity index (χ4v) is 3.44. The molecule has 0 bridgehead atoms. The summed E-state index contributed by atoms with van der Waals surface area (Å²) >= 11 is 0. The summed E-state index contributed by atoms with van der Waals surface area (Å²) in [5.41, 5.74) is 0.601. The van der Waals surface area contributed by atoms with Crippen molar-refractivity contribution in [2.24, 2.45) is 0 Å². The van der Waals surface area contributed by atoms with Gasteiger partial charge in [0.25, 0.3) is 5.91 Å². The largest absolute Gasteiger partial charge is 0.497 e. The molecular formula is C14H17NO5S. The summed E-state index contributed by atoms with van der Waals surface area (Å²) in [7, 11) is -0.277. The molecular weight excluding hydrogens is 294 g/mol. The SMILES string of the molecule is COCC(=O)N(c1ccc(OC)cc1)[C@H]1C=CS(=O)(=O)C1. The summed E-state index contributed by atoms with van der Waals surface area (Å²) < 4.78 is 33.1. The minimum Gasteiger partial charge on any atom is -0.497 e. The van der Waals surface area contributed by atoms with Gasteiger partial charge in [0.2, 0.25) is 0 Å². The van der Waals surface area contributed by atoms with Gasteiger partial charge in [0.15, 0.2) is 9.84 Å². The molecule has 1 amide bonds. The van der Waals surface area contributed by atoms with Crippen LogP contribution in [-0.2, 0) is 19.4 Å². The van der Waals surface area contributed by atoms with Gasteiger partial charge in [-0.05, 0) is 30.3 Å². The van der Waals surface area contributed by atoms with Gasteiger partial charge in [0.1, 0.15) is 12.4 Å². The number of carbonyl (C=O) groups excluding carboxylic acids is 1. The lowest BCUT2D eigenvalue weighted by molar-refractivity contribution is -0.122. The number of carbonyl (C=O) groups is 1. The summed E-state index contributed by atoms with van der Waals surface area (Å²) in [4.78, 5) is 13.7. The first kappa shape index (κ1) is 15.5. The van der Waals surface area contributed by atoms with Crippen molar-refractivity contribution in [1.82, 2.24) is 0 Å². The van der Waals surface area contributed by atoms with Crippen LogP contribution < -0.4 is 9.64 Å². The van der Waals surface area contributed by atoms with Crippen molar-refractivity contribution >= 4 is 21.4 Å². The molecule has 1 aliphatic rings. The number of hydrogen-bond donors (Lipinski definition) is 0. The molecule has 0 saturated carbocycles. The molecule has 0 fully saturated rings. The summed E-state index contributed by atoms with van der Waals surface area (Å²) in [5.74, 6) is 0.246. The molecule has 0 aliphatic carbocycles. The first-order chi connectivity index (χ1) is 9.96. The van der Waals surface area contributed by atoms with Crippen LogP contribution in [0.1, 0.15) is 0 Å². The predicted molar refractivity (Wildman–Crippen MR) is 79.1 cm³/mol. The van der Waals surface area contributed by atoms with Gasteiger partial charge in [-0.1, -0.05) is 0 Å². The number of hydrogen-bond acceptors (Lipinski definition) is 5. The Hall–Kier alpha value is -1.86. The molecule has 1 aromatic carbocycles. The van der Waals surface area contributed by atoms with Gasteiger partial charge in [-0.15, -0.1) is 0 Å². The molecule has 1 heterocycles. The third-order valence-electron chi connectivity index (χ3n) is 3.13. The lowest BCUT2D eigenvalue weighted by Crippen LogP contribution is -2.43. The summed E-state index contributed by atoms with van der Waals surface area (Å²) in [6, 6.07) is 6.34. The highest BCUT2D eigenvalue weighted by atomic mass is 32.2. The predicted octanol–water partition coefficient (Wildman–Crippen LogP) is 0.985. The Kier molecular flexibility index (Phi) is 4.64. The van der Waals surface area contributed by atoms with E-state index in [1.807, 2.05) is 0 Å². The fourth-order valence-electron chi connectivity index (χ4n) is 2.18. The number of ether oxygens (including phenoxy) is 2. The summed E-state index contributed by atoms with van der Waals surface area (Å²) in [6.45, 7) is -0.115. The molecule has 1 aromatic rings. The third-order valence-corrected chi connectivity index (χ3v) is 4.51. The minimum atomic E-state index is -3.25. The average Bonchev–Trinajstić information content (AvgIpc) is 2.80. The van der Waals surface area contributed by atoms with Crippen LogP contribution in [0.15, 0.2) is 35.7 Å². The average molecular weight is 311 g/mol. The van der Waals surface area contributed by atoms with Crippen molar-refractivity contribution in [3.05, 3.63) is 35.7 Å². The molecule has 0 radical (unpaired) electrons. The lowest BCUT2D eigenvalue weighted by Gasteiger charge is -2.27. The molecule has 21 heavy (non-hydrogen) atoms. The standard InChI is InChI=1S/C14H17NO5S/c1-19-9-14(16)15(12-7-8-21(17,18)10-12)11-3-5-13(20-2)6-4-11/h3-8,12H,9-10H2,1-2H3/t12-/m0/s1. The summed E-state index contributed by atoms with van der Waals surface area (Å²) in [5, 5.41) is 1.15. The number of rotatable bonds is 5. The summed E-state index contributed by atoms with van der Waals surface area (Å²) in [6.07, 6.45) is 1.52. The van der Waals surface area contributed by atoms with Gasteiger partial charge in [0.05, 0.1) is 18.9 Å². The van der Waals surface area contributed by atoms with Gasteiger partial charge in [-0.3, -0.25) is 4.79 Å². The molecule has 2 rings (SSSR count). The number of nitrogens with zero attached hydrogens (tertiary/aromatic N) is 1. The number of amides is 1. The number of sulfone groups is 1. The van der Waals surface area contributed by atoms with Crippen molar-refractivity contribution in [2.45, 2.75) is 6.04 Å². The van der Waals surface area contributed by atoms with Gasteiger partial charge < -0.3 is 14.4 Å². The second kappa shape index (κ2) is 6.28. The molecule has 1 aliphatic heterocycles. The Morgan fingerprint density at radius 1 is 1.29 bits per heavy atom. The first-order valence-corrected chi connectivity index (χ1v) is 8.04.